The van der Waals surface area contributed by atoms with E-state index in [0.717, 1.165) is 19.2 Å². The van der Waals surface area contributed by atoms with Crippen LogP contribution in [0.4, 0.5) is 11.4 Å². The lowest BCUT2D eigenvalue weighted by Gasteiger charge is -2.11. The average Bonchev–Trinajstić information content (AvgIpc) is 2.66. The number of methoxy groups -OCH3 is 1. The second-order valence-electron chi connectivity index (χ2n) is 5.75. The summed E-state index contributed by atoms with van der Waals surface area (Å²) in [6.07, 6.45) is 0. The van der Waals surface area contributed by atoms with Gasteiger partial charge in [0.1, 0.15) is 0 Å². The predicted octanol–water partition coefficient (Wildman–Crippen LogP) is 2.34. The topological polar surface area (TPSA) is 119 Å². The maximum absolute atomic E-state index is 12.4. The van der Waals surface area contributed by atoms with Crippen LogP contribution in [0.5, 0.6) is 0 Å². The van der Waals surface area contributed by atoms with Crippen molar-refractivity contribution in [1.29, 1.82) is 0 Å². The minimum atomic E-state index is -0.792. The molecule has 0 bridgehead atoms. The zero-order valence-corrected chi connectivity index (χ0v) is 14.9. The first-order valence-corrected chi connectivity index (χ1v) is 7.73. The summed E-state index contributed by atoms with van der Waals surface area (Å²) in [5, 5.41) is 13.6. The lowest BCUT2D eigenvalue weighted by molar-refractivity contribution is -0.384. The van der Waals surface area contributed by atoms with Crippen LogP contribution in [0.3, 0.4) is 0 Å². The number of nitrogens with one attached hydrogen (secondary N) is 1. The molecule has 0 radical (unpaired) electrons. The van der Waals surface area contributed by atoms with E-state index in [4.69, 9.17) is 0 Å². The molecule has 2 aromatic rings. The molecule has 0 unspecified atom stereocenters. The normalized spacial score (nSPS) is 10.0. The van der Waals surface area contributed by atoms with Gasteiger partial charge in [-0.05, 0) is 30.3 Å². The molecule has 2 rings (SSSR count). The molecule has 0 aliphatic rings. The Morgan fingerprint density at radius 3 is 2.11 bits per heavy atom. The van der Waals surface area contributed by atoms with Gasteiger partial charge >= 0.3 is 5.97 Å². The Bertz CT molecular complexity index is 906. The molecule has 0 atom stereocenters. The number of rotatable bonds is 5. The fourth-order valence-corrected chi connectivity index (χ4v) is 2.24. The summed E-state index contributed by atoms with van der Waals surface area (Å²) >= 11 is 0. The zero-order chi connectivity index (χ0) is 20.1. The Labute approximate surface area is 154 Å². The second kappa shape index (κ2) is 8.09. The van der Waals surface area contributed by atoms with Gasteiger partial charge in [0.2, 0.25) is 0 Å². The van der Waals surface area contributed by atoms with Gasteiger partial charge in [-0.3, -0.25) is 19.7 Å². The minimum Gasteiger partial charge on any atom is -0.465 e. The first-order valence-electron chi connectivity index (χ1n) is 7.73. The molecular weight excluding hydrogens is 354 g/mol. The lowest BCUT2D eigenvalue weighted by Crippen LogP contribution is -2.21. The van der Waals surface area contributed by atoms with Crippen LogP contribution in [-0.4, -0.2) is 48.8 Å². The van der Waals surface area contributed by atoms with E-state index in [0.29, 0.717) is 11.3 Å². The third-order valence-electron chi connectivity index (χ3n) is 3.61. The molecular formula is C18H17N3O6. The number of hydrogen-bond donors (Lipinski definition) is 1. The lowest BCUT2D eigenvalue weighted by atomic mass is 10.1. The number of hydrogen-bond acceptors (Lipinski definition) is 6. The Balaban J connectivity index is 2.27. The smallest absolute Gasteiger partial charge is 0.338 e. The van der Waals surface area contributed by atoms with E-state index >= 15 is 0 Å². The highest BCUT2D eigenvalue weighted by molar-refractivity contribution is 6.06. The number of nitrogens with zero attached hydrogens (tertiary/aromatic N) is 2. The molecule has 0 fully saturated rings. The monoisotopic (exact) mass is 371 g/mol. The van der Waals surface area contributed by atoms with Crippen LogP contribution in [-0.2, 0) is 4.74 Å². The summed E-state index contributed by atoms with van der Waals surface area (Å²) < 4.78 is 4.55. The number of benzene rings is 2. The molecule has 0 heterocycles. The number of amides is 2. The van der Waals surface area contributed by atoms with Crippen molar-refractivity contribution in [3.8, 4) is 0 Å². The maximum Gasteiger partial charge on any atom is 0.338 e. The number of carbonyl (C=O) groups is 3. The van der Waals surface area contributed by atoms with Crippen molar-refractivity contribution in [3.63, 3.8) is 0 Å². The van der Waals surface area contributed by atoms with Crippen LogP contribution in [0.1, 0.15) is 31.1 Å². The molecule has 9 nitrogen and oxygen atoms in total. The molecule has 0 aromatic heterocycles. The molecule has 1 N–H and O–H groups in total. The van der Waals surface area contributed by atoms with Gasteiger partial charge < -0.3 is 15.0 Å². The molecule has 0 spiro atoms. The molecule has 27 heavy (non-hydrogen) atoms. The first kappa shape index (κ1) is 19.6. The van der Waals surface area contributed by atoms with E-state index in [1.165, 1.54) is 23.1 Å². The van der Waals surface area contributed by atoms with Gasteiger partial charge in [-0.1, -0.05) is 0 Å². The number of non-ortho nitro benzene ring substituents is 1. The van der Waals surface area contributed by atoms with Crippen LogP contribution in [0, 0.1) is 10.1 Å². The van der Waals surface area contributed by atoms with Crippen molar-refractivity contribution >= 4 is 29.2 Å². The summed E-state index contributed by atoms with van der Waals surface area (Å²) in [7, 11) is 4.38. The first-order chi connectivity index (χ1) is 12.7. The van der Waals surface area contributed by atoms with Gasteiger partial charge in [0, 0.05) is 43.0 Å². The van der Waals surface area contributed by atoms with E-state index in [-0.39, 0.29) is 17.0 Å². The largest absolute Gasteiger partial charge is 0.465 e. The van der Waals surface area contributed by atoms with E-state index < -0.39 is 22.5 Å². The molecule has 0 aliphatic carbocycles. The fraction of sp³-hybridized carbons (Fsp3) is 0.167. The summed E-state index contributed by atoms with van der Waals surface area (Å²) in [5.74, 6) is -1.62. The Morgan fingerprint density at radius 2 is 1.59 bits per heavy atom. The van der Waals surface area contributed by atoms with E-state index in [1.54, 1.807) is 26.2 Å². The molecule has 0 saturated carbocycles. The van der Waals surface area contributed by atoms with Gasteiger partial charge in [-0.2, -0.15) is 0 Å². The van der Waals surface area contributed by atoms with Crippen LogP contribution < -0.4 is 5.32 Å². The van der Waals surface area contributed by atoms with Crippen LogP contribution in [0.2, 0.25) is 0 Å². The van der Waals surface area contributed by atoms with Crippen LogP contribution in [0.25, 0.3) is 0 Å². The zero-order valence-electron chi connectivity index (χ0n) is 14.9. The third kappa shape index (κ3) is 4.66. The van der Waals surface area contributed by atoms with Gasteiger partial charge in [-0.25, -0.2) is 4.79 Å². The standard InChI is InChI=1S/C18H17N3O6/c1-20(2)17(23)11-4-6-14(7-5-11)19-16(22)12-8-13(18(24)27-3)10-15(9-12)21(25)26/h4-10H,1-3H3,(H,19,22). The van der Waals surface area contributed by atoms with E-state index in [2.05, 4.69) is 10.1 Å². The van der Waals surface area contributed by atoms with Crippen molar-refractivity contribution in [3.05, 3.63) is 69.3 Å². The molecule has 2 aromatic carbocycles. The average molecular weight is 371 g/mol. The van der Waals surface area contributed by atoms with Crippen molar-refractivity contribution in [2.45, 2.75) is 0 Å². The Hall–Kier alpha value is -3.75. The number of ether oxygens (including phenoxy) is 1. The highest BCUT2D eigenvalue weighted by Gasteiger charge is 2.18. The van der Waals surface area contributed by atoms with Crippen molar-refractivity contribution in [2.24, 2.45) is 0 Å². The van der Waals surface area contributed by atoms with Gasteiger partial charge in [0.15, 0.2) is 0 Å². The molecule has 140 valence electrons. The van der Waals surface area contributed by atoms with Crippen molar-refractivity contribution in [1.82, 2.24) is 4.90 Å². The molecule has 9 heteroatoms. The summed E-state index contributed by atoms with van der Waals surface area (Å²) in [5.41, 5.74) is 0.250. The second-order valence-corrected chi connectivity index (χ2v) is 5.75. The van der Waals surface area contributed by atoms with Gasteiger partial charge in [0.25, 0.3) is 17.5 Å². The Morgan fingerprint density at radius 1 is 1.00 bits per heavy atom. The summed E-state index contributed by atoms with van der Waals surface area (Å²) in [6.45, 7) is 0. The Kier molecular flexibility index (Phi) is 5.86. The van der Waals surface area contributed by atoms with Gasteiger partial charge in [0.05, 0.1) is 17.6 Å². The summed E-state index contributed by atoms with van der Waals surface area (Å²) in [6, 6.07) is 9.46. The van der Waals surface area contributed by atoms with Crippen molar-refractivity contribution < 1.29 is 24.0 Å². The molecule has 0 aliphatic heterocycles. The highest BCUT2D eigenvalue weighted by atomic mass is 16.6. The highest BCUT2D eigenvalue weighted by Crippen LogP contribution is 2.20. The number of anilines is 1. The number of nitro benzene ring substituents is 1. The third-order valence-corrected chi connectivity index (χ3v) is 3.61. The SMILES string of the molecule is COC(=O)c1cc(C(=O)Nc2ccc(C(=O)N(C)C)cc2)cc([N+](=O)[O-])c1. The predicted molar refractivity (Wildman–Crippen MR) is 96.8 cm³/mol. The van der Waals surface area contributed by atoms with Crippen LogP contribution >= 0.6 is 0 Å². The summed E-state index contributed by atoms with van der Waals surface area (Å²) in [4.78, 5) is 47.7. The van der Waals surface area contributed by atoms with Gasteiger partial charge in [-0.15, -0.1) is 0 Å². The quantitative estimate of drug-likeness (QED) is 0.489. The number of carbonyl (C=O) groups excluding carboxylic acids is 3. The maximum atomic E-state index is 12.4. The molecule has 2 amide bonds. The van der Waals surface area contributed by atoms with E-state index in [9.17, 15) is 24.5 Å². The van der Waals surface area contributed by atoms with E-state index in [1.807, 2.05) is 0 Å². The van der Waals surface area contributed by atoms with Crippen LogP contribution in [0.15, 0.2) is 42.5 Å². The number of esters is 1. The fourth-order valence-electron chi connectivity index (χ4n) is 2.24. The molecule has 0 saturated heterocycles. The minimum absolute atomic E-state index is 0.0713. The van der Waals surface area contributed by atoms with Crippen molar-refractivity contribution in [2.75, 3.05) is 26.5 Å². The number of nitro groups is 1.